The van der Waals surface area contributed by atoms with Gasteiger partial charge in [0, 0.05) is 45.4 Å². The van der Waals surface area contributed by atoms with E-state index >= 15 is 0 Å². The van der Waals surface area contributed by atoms with Crippen molar-refractivity contribution in [3.8, 4) is 0 Å². The Hall–Kier alpha value is -0.950. The number of piperazine rings is 1. The minimum atomic E-state index is -3.37. The Morgan fingerprint density at radius 2 is 1.65 bits per heavy atom. The lowest BCUT2D eigenvalue weighted by Crippen LogP contribution is -2.52. The molecular weight excluding hydrogens is 312 g/mol. The van der Waals surface area contributed by atoms with Crippen molar-refractivity contribution < 1.29 is 13.2 Å². The highest BCUT2D eigenvalue weighted by atomic mass is 32.2. The predicted octanol–water partition coefficient (Wildman–Crippen LogP) is 1.79. The van der Waals surface area contributed by atoms with Crippen LogP contribution in [-0.4, -0.2) is 63.1 Å². The number of hydrogen-bond donors (Lipinski definition) is 0. The van der Waals surface area contributed by atoms with Gasteiger partial charge in [-0.1, -0.05) is 6.07 Å². The van der Waals surface area contributed by atoms with Crippen LogP contribution in [-0.2, 0) is 14.8 Å². The molecule has 0 aromatic heterocycles. The van der Waals surface area contributed by atoms with Crippen LogP contribution in [0.15, 0.2) is 23.1 Å². The Morgan fingerprint density at radius 1 is 1.00 bits per heavy atom. The molecule has 3 rings (SSSR count). The third-order valence-corrected chi connectivity index (χ3v) is 6.99. The molecule has 0 aliphatic carbocycles. The molecule has 2 fully saturated rings. The lowest BCUT2D eigenvalue weighted by Gasteiger charge is -2.40. The highest BCUT2D eigenvalue weighted by molar-refractivity contribution is 7.89. The second-order valence-electron chi connectivity index (χ2n) is 6.53. The normalized spacial score (nSPS) is 22.3. The highest BCUT2D eigenvalue weighted by Gasteiger charge is 2.31. The van der Waals surface area contributed by atoms with E-state index in [-0.39, 0.29) is 0 Å². The van der Waals surface area contributed by atoms with Gasteiger partial charge in [-0.15, -0.1) is 0 Å². The first-order valence-electron chi connectivity index (χ1n) is 8.38. The second-order valence-corrected chi connectivity index (χ2v) is 8.47. The summed E-state index contributed by atoms with van der Waals surface area (Å²) < 4.78 is 32.7. The van der Waals surface area contributed by atoms with E-state index in [9.17, 15) is 8.42 Å². The molecule has 2 saturated heterocycles. The minimum absolute atomic E-state index is 0.417. The molecule has 5 nitrogen and oxygen atoms in total. The van der Waals surface area contributed by atoms with Gasteiger partial charge in [0.1, 0.15) is 0 Å². The zero-order valence-corrected chi connectivity index (χ0v) is 14.8. The Morgan fingerprint density at radius 3 is 2.26 bits per heavy atom. The van der Waals surface area contributed by atoms with Crippen LogP contribution in [0, 0.1) is 13.8 Å². The van der Waals surface area contributed by atoms with Gasteiger partial charge in [-0.3, -0.25) is 4.90 Å². The van der Waals surface area contributed by atoms with Gasteiger partial charge in [0.05, 0.1) is 4.90 Å². The summed E-state index contributed by atoms with van der Waals surface area (Å²) in [6, 6.07) is 5.95. The molecule has 1 aromatic carbocycles. The maximum Gasteiger partial charge on any atom is 0.243 e. The molecule has 0 unspecified atom stereocenters. The Labute approximate surface area is 139 Å². The van der Waals surface area contributed by atoms with E-state index in [0.29, 0.717) is 24.0 Å². The third kappa shape index (κ3) is 3.60. The van der Waals surface area contributed by atoms with Crippen LogP contribution >= 0.6 is 0 Å². The Bertz CT molecular complexity index is 646. The summed E-state index contributed by atoms with van der Waals surface area (Å²) in [6.45, 7) is 8.39. The van der Waals surface area contributed by atoms with Crippen LogP contribution < -0.4 is 0 Å². The van der Waals surface area contributed by atoms with Crippen molar-refractivity contribution in [3.63, 3.8) is 0 Å². The summed E-state index contributed by atoms with van der Waals surface area (Å²) in [6.07, 6.45) is 2.12. The summed E-state index contributed by atoms with van der Waals surface area (Å²) in [5.74, 6) is 0. The monoisotopic (exact) mass is 338 g/mol. The van der Waals surface area contributed by atoms with Crippen LogP contribution in [0.5, 0.6) is 0 Å². The van der Waals surface area contributed by atoms with Crippen molar-refractivity contribution in [3.05, 3.63) is 29.3 Å². The summed E-state index contributed by atoms with van der Waals surface area (Å²) in [5.41, 5.74) is 2.14. The SMILES string of the molecule is Cc1ccc(S(=O)(=O)N2CCN(C3CCOCC3)CC2)cc1C. The van der Waals surface area contributed by atoms with E-state index in [1.807, 2.05) is 19.9 Å². The van der Waals surface area contributed by atoms with Gasteiger partial charge in [0.15, 0.2) is 0 Å². The molecular formula is C17H26N2O3S. The molecule has 2 aliphatic rings. The molecule has 1 aromatic rings. The lowest BCUT2D eigenvalue weighted by atomic mass is 10.1. The fourth-order valence-electron chi connectivity index (χ4n) is 3.38. The third-order valence-electron chi connectivity index (χ3n) is 5.10. The number of sulfonamides is 1. The second kappa shape index (κ2) is 6.89. The van der Waals surface area contributed by atoms with E-state index in [0.717, 1.165) is 50.3 Å². The van der Waals surface area contributed by atoms with Crippen LogP contribution in [0.2, 0.25) is 0 Å². The molecule has 0 bridgehead atoms. The van der Waals surface area contributed by atoms with Gasteiger partial charge in [-0.25, -0.2) is 8.42 Å². The fourth-order valence-corrected chi connectivity index (χ4v) is 4.89. The number of ether oxygens (including phenoxy) is 1. The van der Waals surface area contributed by atoms with Crippen molar-refractivity contribution in [2.24, 2.45) is 0 Å². The van der Waals surface area contributed by atoms with Crippen LogP contribution in [0.1, 0.15) is 24.0 Å². The molecule has 2 heterocycles. The van der Waals surface area contributed by atoms with Gasteiger partial charge in [0.25, 0.3) is 0 Å². The van der Waals surface area contributed by atoms with E-state index in [1.165, 1.54) is 0 Å². The van der Waals surface area contributed by atoms with E-state index < -0.39 is 10.0 Å². The van der Waals surface area contributed by atoms with Gasteiger partial charge >= 0.3 is 0 Å². The lowest BCUT2D eigenvalue weighted by molar-refractivity contribution is 0.0229. The average molecular weight is 338 g/mol. The van der Waals surface area contributed by atoms with E-state index in [1.54, 1.807) is 16.4 Å². The average Bonchev–Trinajstić information content (AvgIpc) is 2.58. The smallest absolute Gasteiger partial charge is 0.243 e. The van der Waals surface area contributed by atoms with Gasteiger partial charge < -0.3 is 4.74 Å². The van der Waals surface area contributed by atoms with Crippen molar-refractivity contribution >= 4 is 10.0 Å². The minimum Gasteiger partial charge on any atom is -0.381 e. The summed E-state index contributed by atoms with van der Waals surface area (Å²) in [7, 11) is -3.37. The summed E-state index contributed by atoms with van der Waals surface area (Å²) in [4.78, 5) is 2.84. The van der Waals surface area contributed by atoms with Crippen LogP contribution in [0.3, 0.4) is 0 Å². The zero-order chi connectivity index (χ0) is 16.4. The molecule has 0 saturated carbocycles. The van der Waals surface area contributed by atoms with Crippen LogP contribution in [0.25, 0.3) is 0 Å². The standard InChI is InChI=1S/C17H26N2O3S/c1-14-3-4-17(13-15(14)2)23(20,21)19-9-7-18(8-10-19)16-5-11-22-12-6-16/h3-4,13,16H,5-12H2,1-2H3. The molecule has 0 spiro atoms. The maximum atomic E-state index is 12.8. The predicted molar refractivity (Wildman–Crippen MR) is 90.1 cm³/mol. The first-order chi connectivity index (χ1) is 11.0. The molecule has 23 heavy (non-hydrogen) atoms. The van der Waals surface area contributed by atoms with Crippen molar-refractivity contribution in [2.45, 2.75) is 37.6 Å². The van der Waals surface area contributed by atoms with E-state index in [2.05, 4.69) is 4.90 Å². The maximum absolute atomic E-state index is 12.8. The Balaban J connectivity index is 1.67. The first-order valence-corrected chi connectivity index (χ1v) is 9.82. The number of nitrogens with zero attached hydrogens (tertiary/aromatic N) is 2. The molecule has 2 aliphatic heterocycles. The number of hydrogen-bond acceptors (Lipinski definition) is 4. The number of aryl methyl sites for hydroxylation is 2. The zero-order valence-electron chi connectivity index (χ0n) is 14.0. The van der Waals surface area contributed by atoms with Crippen LogP contribution in [0.4, 0.5) is 0 Å². The highest BCUT2D eigenvalue weighted by Crippen LogP contribution is 2.22. The quantitative estimate of drug-likeness (QED) is 0.843. The molecule has 0 radical (unpaired) electrons. The topological polar surface area (TPSA) is 49.9 Å². The largest absolute Gasteiger partial charge is 0.381 e. The molecule has 0 atom stereocenters. The fraction of sp³-hybridized carbons (Fsp3) is 0.647. The first kappa shape index (κ1) is 16.9. The van der Waals surface area contributed by atoms with Crippen molar-refractivity contribution in [1.29, 1.82) is 0 Å². The number of rotatable bonds is 3. The Kier molecular flexibility index (Phi) is 5.06. The van der Waals surface area contributed by atoms with E-state index in [4.69, 9.17) is 4.74 Å². The van der Waals surface area contributed by atoms with Gasteiger partial charge in [-0.05, 0) is 49.9 Å². The van der Waals surface area contributed by atoms with Gasteiger partial charge in [0.2, 0.25) is 10.0 Å². The summed E-state index contributed by atoms with van der Waals surface area (Å²) in [5, 5.41) is 0. The molecule has 0 N–H and O–H groups in total. The van der Waals surface area contributed by atoms with Crippen molar-refractivity contribution in [1.82, 2.24) is 9.21 Å². The summed E-state index contributed by atoms with van der Waals surface area (Å²) >= 11 is 0. The number of benzene rings is 1. The molecule has 6 heteroatoms. The van der Waals surface area contributed by atoms with Crippen molar-refractivity contribution in [2.75, 3.05) is 39.4 Å². The molecule has 128 valence electrons. The van der Waals surface area contributed by atoms with Gasteiger partial charge in [-0.2, -0.15) is 4.31 Å². The molecule has 0 amide bonds.